The summed E-state index contributed by atoms with van der Waals surface area (Å²) in [4.78, 5) is 10.4. The lowest BCUT2D eigenvalue weighted by molar-refractivity contribution is -0.136. The fourth-order valence-corrected chi connectivity index (χ4v) is 1.07. The molecule has 0 atom stereocenters. The van der Waals surface area contributed by atoms with Crippen molar-refractivity contribution < 1.29 is 18.9 Å². The molecule has 2 aromatic rings. The largest absolute Gasteiger partial charge is 0.481 e. The maximum Gasteiger partial charge on any atom is 0.309 e. The molecule has 1 N–H and O–H groups in total. The van der Waals surface area contributed by atoms with Crippen molar-refractivity contribution in [3.05, 3.63) is 24.1 Å². The third-order valence-corrected chi connectivity index (χ3v) is 1.63. The molecule has 0 bridgehead atoms. The minimum absolute atomic E-state index is 0.237. The van der Waals surface area contributed by atoms with Gasteiger partial charge in [0.1, 0.15) is 5.69 Å². The summed E-state index contributed by atoms with van der Waals surface area (Å²) in [6.45, 7) is 0. The third-order valence-electron chi connectivity index (χ3n) is 1.63. The van der Waals surface area contributed by atoms with Crippen LogP contribution in [0.3, 0.4) is 0 Å². The van der Waals surface area contributed by atoms with E-state index in [4.69, 9.17) is 9.52 Å². The van der Waals surface area contributed by atoms with Crippen LogP contribution in [0.5, 0.6) is 0 Å². The number of rotatable bonds is 3. The van der Waals surface area contributed by atoms with Gasteiger partial charge in [-0.05, 0) is 17.3 Å². The Kier molecular flexibility index (Phi) is 2.02. The van der Waals surface area contributed by atoms with E-state index in [1.165, 1.54) is 6.26 Å². The van der Waals surface area contributed by atoms with Gasteiger partial charge in [0.15, 0.2) is 11.5 Å². The lowest BCUT2D eigenvalue weighted by Gasteiger charge is -1.90. The minimum Gasteiger partial charge on any atom is -0.481 e. The third kappa shape index (κ3) is 1.49. The lowest BCUT2D eigenvalue weighted by Crippen LogP contribution is -2.01. The van der Waals surface area contributed by atoms with Crippen LogP contribution in [0.1, 0.15) is 5.69 Å². The van der Waals surface area contributed by atoms with Crippen LogP contribution in [0, 0.1) is 0 Å². The molecular formula is C8H6N2O4. The standard InChI is InChI=1S/C8H6N2O4/c11-7(12)4-5-8(10-14-9-5)6-2-1-3-13-6/h1-3H,4H2,(H,11,12). The maximum absolute atomic E-state index is 10.4. The topological polar surface area (TPSA) is 89.4 Å². The predicted octanol–water partition coefficient (Wildman–Crippen LogP) is 0.957. The van der Waals surface area contributed by atoms with Gasteiger partial charge >= 0.3 is 5.97 Å². The molecule has 0 amide bonds. The Labute approximate surface area is 78.1 Å². The average molecular weight is 194 g/mol. The summed E-state index contributed by atoms with van der Waals surface area (Å²) in [5, 5.41) is 15.6. The van der Waals surface area contributed by atoms with Gasteiger partial charge in [0.2, 0.25) is 0 Å². The highest BCUT2D eigenvalue weighted by Gasteiger charge is 2.16. The summed E-state index contributed by atoms with van der Waals surface area (Å²) >= 11 is 0. The average Bonchev–Trinajstić information content (AvgIpc) is 2.70. The number of furan rings is 1. The number of aromatic nitrogens is 2. The van der Waals surface area contributed by atoms with Crippen LogP contribution in [0.25, 0.3) is 11.5 Å². The second-order valence-electron chi connectivity index (χ2n) is 2.61. The van der Waals surface area contributed by atoms with E-state index in [0.717, 1.165) is 0 Å². The van der Waals surface area contributed by atoms with Crippen molar-refractivity contribution in [2.24, 2.45) is 0 Å². The summed E-state index contributed by atoms with van der Waals surface area (Å²) in [5.41, 5.74) is 0.588. The van der Waals surface area contributed by atoms with E-state index in [0.29, 0.717) is 11.5 Å². The molecule has 0 saturated heterocycles. The number of carboxylic acids is 1. The highest BCUT2D eigenvalue weighted by Crippen LogP contribution is 2.20. The van der Waals surface area contributed by atoms with Gasteiger partial charge in [0, 0.05) is 0 Å². The summed E-state index contributed by atoms with van der Waals surface area (Å²) < 4.78 is 9.49. The minimum atomic E-state index is -0.992. The lowest BCUT2D eigenvalue weighted by atomic mass is 10.2. The number of carbonyl (C=O) groups is 1. The zero-order valence-corrected chi connectivity index (χ0v) is 7.01. The normalized spacial score (nSPS) is 10.3. The van der Waals surface area contributed by atoms with Gasteiger partial charge in [-0.2, -0.15) is 0 Å². The van der Waals surface area contributed by atoms with E-state index in [1.807, 2.05) is 0 Å². The van der Waals surface area contributed by atoms with Gasteiger partial charge in [-0.25, -0.2) is 4.63 Å². The molecule has 2 rings (SSSR count). The van der Waals surface area contributed by atoms with Gasteiger partial charge in [-0.1, -0.05) is 5.16 Å². The van der Waals surface area contributed by atoms with Crippen molar-refractivity contribution in [2.45, 2.75) is 6.42 Å². The Morgan fingerprint density at radius 2 is 2.36 bits per heavy atom. The Hall–Kier alpha value is -2.11. The van der Waals surface area contributed by atoms with E-state index in [2.05, 4.69) is 14.9 Å². The van der Waals surface area contributed by atoms with Crippen LogP contribution in [-0.2, 0) is 11.2 Å². The van der Waals surface area contributed by atoms with Crippen LogP contribution in [0.2, 0.25) is 0 Å². The molecule has 2 heterocycles. The molecule has 0 spiro atoms. The van der Waals surface area contributed by atoms with Crippen LogP contribution >= 0.6 is 0 Å². The van der Waals surface area contributed by atoms with Gasteiger partial charge in [0.05, 0.1) is 12.7 Å². The molecule has 72 valence electrons. The van der Waals surface area contributed by atoms with Crippen LogP contribution in [0.15, 0.2) is 27.4 Å². The number of aliphatic carboxylic acids is 1. The summed E-state index contributed by atoms with van der Waals surface area (Å²) in [7, 11) is 0. The molecule has 0 fully saturated rings. The fraction of sp³-hybridized carbons (Fsp3) is 0.125. The van der Waals surface area contributed by atoms with Crippen molar-refractivity contribution in [3.8, 4) is 11.5 Å². The smallest absolute Gasteiger partial charge is 0.309 e. The molecule has 0 saturated carbocycles. The monoisotopic (exact) mass is 194 g/mol. The predicted molar refractivity (Wildman–Crippen MR) is 43.3 cm³/mol. The summed E-state index contributed by atoms with van der Waals surface area (Å²) in [6.07, 6.45) is 1.23. The van der Waals surface area contributed by atoms with E-state index in [-0.39, 0.29) is 12.1 Å². The number of hydrogen-bond acceptors (Lipinski definition) is 5. The zero-order chi connectivity index (χ0) is 9.97. The summed E-state index contributed by atoms with van der Waals surface area (Å²) in [6, 6.07) is 3.33. The second-order valence-corrected chi connectivity index (χ2v) is 2.61. The van der Waals surface area contributed by atoms with Gasteiger partial charge in [0.25, 0.3) is 0 Å². The zero-order valence-electron chi connectivity index (χ0n) is 7.01. The first-order valence-corrected chi connectivity index (χ1v) is 3.84. The van der Waals surface area contributed by atoms with Crippen molar-refractivity contribution in [1.29, 1.82) is 0 Å². The first-order valence-electron chi connectivity index (χ1n) is 3.84. The van der Waals surface area contributed by atoms with Crippen molar-refractivity contribution >= 4 is 5.97 Å². The Morgan fingerprint density at radius 1 is 1.50 bits per heavy atom. The van der Waals surface area contributed by atoms with Gasteiger partial charge in [-0.3, -0.25) is 4.79 Å². The number of carboxylic acid groups (broad SMARTS) is 1. The molecular weight excluding hydrogens is 188 g/mol. The van der Waals surface area contributed by atoms with Gasteiger partial charge in [-0.15, -0.1) is 0 Å². The number of nitrogens with zero attached hydrogens (tertiary/aromatic N) is 2. The van der Waals surface area contributed by atoms with Crippen molar-refractivity contribution in [1.82, 2.24) is 10.3 Å². The van der Waals surface area contributed by atoms with E-state index >= 15 is 0 Å². The molecule has 6 heteroatoms. The molecule has 0 aromatic carbocycles. The van der Waals surface area contributed by atoms with E-state index in [9.17, 15) is 4.79 Å². The van der Waals surface area contributed by atoms with Crippen molar-refractivity contribution in [3.63, 3.8) is 0 Å². The molecule has 0 unspecified atom stereocenters. The molecule has 0 radical (unpaired) electrons. The molecule has 0 aliphatic rings. The van der Waals surface area contributed by atoms with Crippen LogP contribution < -0.4 is 0 Å². The maximum atomic E-state index is 10.4. The highest BCUT2D eigenvalue weighted by molar-refractivity contribution is 5.72. The Morgan fingerprint density at radius 3 is 3.00 bits per heavy atom. The Balaban J connectivity index is 2.35. The first kappa shape index (κ1) is 8.49. The molecule has 6 nitrogen and oxygen atoms in total. The number of hydrogen-bond donors (Lipinski definition) is 1. The SMILES string of the molecule is O=C(O)Cc1nonc1-c1ccco1. The Bertz CT molecular complexity index is 432. The van der Waals surface area contributed by atoms with Crippen LogP contribution in [-0.4, -0.2) is 21.4 Å². The molecule has 14 heavy (non-hydrogen) atoms. The van der Waals surface area contributed by atoms with E-state index < -0.39 is 5.97 Å². The molecule has 0 aliphatic heterocycles. The molecule has 0 aliphatic carbocycles. The van der Waals surface area contributed by atoms with Crippen LogP contribution in [0.4, 0.5) is 0 Å². The van der Waals surface area contributed by atoms with E-state index in [1.54, 1.807) is 12.1 Å². The fourth-order valence-electron chi connectivity index (χ4n) is 1.07. The molecule has 2 aromatic heterocycles. The second kappa shape index (κ2) is 3.33. The quantitative estimate of drug-likeness (QED) is 0.782. The summed E-state index contributed by atoms with van der Waals surface area (Å²) in [5.74, 6) is -0.545. The van der Waals surface area contributed by atoms with Crippen molar-refractivity contribution in [2.75, 3.05) is 0 Å². The highest BCUT2D eigenvalue weighted by atomic mass is 16.6. The van der Waals surface area contributed by atoms with Gasteiger partial charge < -0.3 is 9.52 Å². The first-order chi connectivity index (χ1) is 6.77.